The van der Waals surface area contributed by atoms with Crippen molar-refractivity contribution < 1.29 is 24.2 Å². The van der Waals surface area contributed by atoms with Crippen molar-refractivity contribution in [1.29, 1.82) is 0 Å². The summed E-state index contributed by atoms with van der Waals surface area (Å²) in [6.45, 7) is 3.43. The molecule has 1 amide bonds. The number of hydrogen-bond donors (Lipinski definition) is 2. The van der Waals surface area contributed by atoms with Gasteiger partial charge in [0.25, 0.3) is 0 Å². The van der Waals surface area contributed by atoms with Gasteiger partial charge in [-0.15, -0.1) is 0 Å². The van der Waals surface area contributed by atoms with E-state index in [1.165, 1.54) is 6.08 Å². The van der Waals surface area contributed by atoms with Gasteiger partial charge in [0.15, 0.2) is 0 Å². The van der Waals surface area contributed by atoms with E-state index in [2.05, 4.69) is 11.9 Å². The SMILES string of the molecule is C=CCOC(=O)N[C@@H](Cc1ccc(OC)cc1)C(=O)O. The van der Waals surface area contributed by atoms with Gasteiger partial charge in [0.2, 0.25) is 0 Å². The molecule has 1 aromatic carbocycles. The lowest BCUT2D eigenvalue weighted by atomic mass is 10.1. The molecule has 1 atom stereocenters. The quantitative estimate of drug-likeness (QED) is 0.741. The van der Waals surface area contributed by atoms with E-state index < -0.39 is 18.1 Å². The zero-order valence-electron chi connectivity index (χ0n) is 11.2. The first-order valence-corrected chi connectivity index (χ1v) is 5.96. The molecule has 0 saturated carbocycles. The average Bonchev–Trinajstić information content (AvgIpc) is 2.45. The molecule has 108 valence electrons. The Balaban J connectivity index is 2.64. The summed E-state index contributed by atoms with van der Waals surface area (Å²) < 4.78 is 9.71. The van der Waals surface area contributed by atoms with Gasteiger partial charge in [0.05, 0.1) is 7.11 Å². The Hall–Kier alpha value is -2.50. The maximum atomic E-state index is 11.3. The second-order valence-corrected chi connectivity index (χ2v) is 3.97. The number of methoxy groups -OCH3 is 1. The molecule has 6 nitrogen and oxygen atoms in total. The Kier molecular flexibility index (Phi) is 6.09. The number of ether oxygens (including phenoxy) is 2. The molecule has 20 heavy (non-hydrogen) atoms. The first-order valence-electron chi connectivity index (χ1n) is 5.96. The number of nitrogens with one attached hydrogen (secondary N) is 1. The van der Waals surface area contributed by atoms with Gasteiger partial charge < -0.3 is 19.9 Å². The third kappa shape index (κ3) is 5.01. The number of carboxylic acid groups (broad SMARTS) is 1. The minimum Gasteiger partial charge on any atom is -0.497 e. The predicted molar refractivity (Wildman–Crippen MR) is 72.8 cm³/mol. The summed E-state index contributed by atoms with van der Waals surface area (Å²) in [5, 5.41) is 11.4. The highest BCUT2D eigenvalue weighted by Crippen LogP contribution is 2.12. The van der Waals surface area contributed by atoms with Crippen LogP contribution in [0.4, 0.5) is 4.79 Å². The molecule has 0 aliphatic heterocycles. The fourth-order valence-electron chi connectivity index (χ4n) is 1.52. The second kappa shape index (κ2) is 7.83. The van der Waals surface area contributed by atoms with Gasteiger partial charge in [0.1, 0.15) is 18.4 Å². The number of carbonyl (C=O) groups is 2. The van der Waals surface area contributed by atoms with Crippen molar-refractivity contribution in [3.8, 4) is 5.75 Å². The topological polar surface area (TPSA) is 84.9 Å². The van der Waals surface area contributed by atoms with Crippen LogP contribution in [-0.2, 0) is 16.0 Å². The maximum Gasteiger partial charge on any atom is 0.408 e. The Morgan fingerprint density at radius 2 is 2.05 bits per heavy atom. The molecule has 0 unspecified atom stereocenters. The molecular weight excluding hydrogens is 262 g/mol. The van der Waals surface area contributed by atoms with Crippen molar-refractivity contribution in [1.82, 2.24) is 5.32 Å². The lowest BCUT2D eigenvalue weighted by Gasteiger charge is -2.14. The van der Waals surface area contributed by atoms with Crippen LogP contribution in [0.25, 0.3) is 0 Å². The van der Waals surface area contributed by atoms with Gasteiger partial charge in [-0.3, -0.25) is 0 Å². The molecule has 0 fully saturated rings. The molecule has 0 bridgehead atoms. The summed E-state index contributed by atoms with van der Waals surface area (Å²) in [7, 11) is 1.55. The van der Waals surface area contributed by atoms with Crippen LogP contribution in [0.1, 0.15) is 5.56 Å². The van der Waals surface area contributed by atoms with Crippen LogP contribution in [0, 0.1) is 0 Å². The lowest BCUT2D eigenvalue weighted by Crippen LogP contribution is -2.42. The first kappa shape index (κ1) is 15.6. The van der Waals surface area contributed by atoms with Crippen LogP contribution < -0.4 is 10.1 Å². The Bertz CT molecular complexity index is 469. The van der Waals surface area contributed by atoms with Crippen molar-refractivity contribution in [2.75, 3.05) is 13.7 Å². The lowest BCUT2D eigenvalue weighted by molar-refractivity contribution is -0.139. The van der Waals surface area contributed by atoms with Crippen LogP contribution in [0.15, 0.2) is 36.9 Å². The monoisotopic (exact) mass is 279 g/mol. The number of alkyl carbamates (subject to hydrolysis) is 1. The minimum absolute atomic E-state index is 0.0285. The highest BCUT2D eigenvalue weighted by atomic mass is 16.5. The van der Waals surface area contributed by atoms with Crippen LogP contribution in [0.5, 0.6) is 5.75 Å². The second-order valence-electron chi connectivity index (χ2n) is 3.97. The van der Waals surface area contributed by atoms with Crippen LogP contribution >= 0.6 is 0 Å². The molecule has 0 heterocycles. The van der Waals surface area contributed by atoms with Gasteiger partial charge in [0, 0.05) is 6.42 Å². The van der Waals surface area contributed by atoms with E-state index >= 15 is 0 Å². The molecule has 1 rings (SSSR count). The Labute approximate surface area is 117 Å². The van der Waals surface area contributed by atoms with Gasteiger partial charge in [-0.25, -0.2) is 9.59 Å². The number of hydrogen-bond acceptors (Lipinski definition) is 4. The van der Waals surface area contributed by atoms with E-state index in [0.29, 0.717) is 5.75 Å². The molecule has 1 aromatic rings. The fourth-order valence-corrected chi connectivity index (χ4v) is 1.52. The Morgan fingerprint density at radius 1 is 1.40 bits per heavy atom. The normalized spacial score (nSPS) is 11.2. The van der Waals surface area contributed by atoms with Gasteiger partial charge >= 0.3 is 12.1 Å². The molecule has 6 heteroatoms. The molecular formula is C14H17NO5. The van der Waals surface area contributed by atoms with Crippen LogP contribution in [0.2, 0.25) is 0 Å². The standard InChI is InChI=1S/C14H17NO5/c1-3-8-20-14(18)15-12(13(16)17)9-10-4-6-11(19-2)7-5-10/h3-7,12H,1,8-9H2,2H3,(H,15,18)(H,16,17)/t12-/m0/s1. The molecule has 0 spiro atoms. The maximum absolute atomic E-state index is 11.3. The zero-order chi connectivity index (χ0) is 15.0. The van der Waals surface area contributed by atoms with Gasteiger partial charge in [-0.1, -0.05) is 24.8 Å². The number of carboxylic acids is 1. The summed E-state index contributed by atoms with van der Waals surface area (Å²) >= 11 is 0. The summed E-state index contributed by atoms with van der Waals surface area (Å²) in [5.74, 6) is -0.449. The van der Waals surface area contributed by atoms with Crippen molar-refractivity contribution in [3.63, 3.8) is 0 Å². The Morgan fingerprint density at radius 3 is 2.55 bits per heavy atom. The summed E-state index contributed by atoms with van der Waals surface area (Å²) in [6.07, 6.45) is 0.771. The third-order valence-electron chi connectivity index (χ3n) is 2.52. The third-order valence-corrected chi connectivity index (χ3v) is 2.52. The van der Waals surface area contributed by atoms with E-state index in [4.69, 9.17) is 14.6 Å². The van der Waals surface area contributed by atoms with Crippen molar-refractivity contribution >= 4 is 12.1 Å². The average molecular weight is 279 g/mol. The van der Waals surface area contributed by atoms with E-state index in [1.807, 2.05) is 0 Å². The molecule has 0 aromatic heterocycles. The fraction of sp³-hybridized carbons (Fsp3) is 0.286. The minimum atomic E-state index is -1.13. The summed E-state index contributed by atoms with van der Waals surface area (Å²) in [4.78, 5) is 22.5. The molecule has 0 saturated heterocycles. The predicted octanol–water partition coefficient (Wildman–Crippen LogP) is 1.60. The van der Waals surface area contributed by atoms with Crippen LogP contribution in [-0.4, -0.2) is 36.9 Å². The highest BCUT2D eigenvalue weighted by molar-refractivity contribution is 5.80. The summed E-state index contributed by atoms with van der Waals surface area (Å²) in [5.41, 5.74) is 0.766. The number of amides is 1. The smallest absolute Gasteiger partial charge is 0.408 e. The van der Waals surface area contributed by atoms with E-state index in [9.17, 15) is 9.59 Å². The number of benzene rings is 1. The first-order chi connectivity index (χ1) is 9.56. The van der Waals surface area contributed by atoms with Crippen molar-refractivity contribution in [2.24, 2.45) is 0 Å². The molecule has 2 N–H and O–H groups in total. The highest BCUT2D eigenvalue weighted by Gasteiger charge is 2.20. The van der Waals surface area contributed by atoms with Crippen molar-refractivity contribution in [2.45, 2.75) is 12.5 Å². The van der Waals surface area contributed by atoms with Gasteiger partial charge in [-0.2, -0.15) is 0 Å². The molecule has 0 aliphatic rings. The zero-order valence-corrected chi connectivity index (χ0v) is 11.2. The number of carbonyl (C=O) groups excluding carboxylic acids is 1. The number of rotatable bonds is 7. The molecule has 0 radical (unpaired) electrons. The molecule has 0 aliphatic carbocycles. The largest absolute Gasteiger partial charge is 0.497 e. The van der Waals surface area contributed by atoms with E-state index in [-0.39, 0.29) is 13.0 Å². The van der Waals surface area contributed by atoms with E-state index in [0.717, 1.165) is 5.56 Å². The number of aliphatic carboxylic acids is 1. The van der Waals surface area contributed by atoms with E-state index in [1.54, 1.807) is 31.4 Å². The van der Waals surface area contributed by atoms with Crippen molar-refractivity contribution in [3.05, 3.63) is 42.5 Å². The summed E-state index contributed by atoms with van der Waals surface area (Å²) in [6, 6.07) is 5.88. The van der Waals surface area contributed by atoms with Crippen LogP contribution in [0.3, 0.4) is 0 Å². The van der Waals surface area contributed by atoms with Gasteiger partial charge in [-0.05, 0) is 17.7 Å².